The lowest BCUT2D eigenvalue weighted by Gasteiger charge is -2.27. The first kappa shape index (κ1) is 12.9. The van der Waals surface area contributed by atoms with Gasteiger partial charge < -0.3 is 5.32 Å². The number of rotatable bonds is 4. The van der Waals surface area contributed by atoms with Gasteiger partial charge in [-0.25, -0.2) is 4.98 Å². The molecule has 3 heteroatoms. The Morgan fingerprint density at radius 1 is 1.28 bits per heavy atom. The highest BCUT2D eigenvalue weighted by Gasteiger charge is 2.19. The van der Waals surface area contributed by atoms with Crippen LogP contribution >= 0.6 is 0 Å². The van der Waals surface area contributed by atoms with Gasteiger partial charge in [-0.1, -0.05) is 32.3 Å². The van der Waals surface area contributed by atoms with Gasteiger partial charge in [0.2, 0.25) is 0 Å². The minimum absolute atomic E-state index is 0.481. The molecule has 0 amide bonds. The molecule has 1 N–H and O–H groups in total. The van der Waals surface area contributed by atoms with Crippen molar-refractivity contribution in [2.45, 2.75) is 39.0 Å². The highest BCUT2D eigenvalue weighted by Crippen LogP contribution is 2.30. The second-order valence-electron chi connectivity index (χ2n) is 5.20. The van der Waals surface area contributed by atoms with Crippen LogP contribution in [0.2, 0.25) is 0 Å². The molecule has 2 rings (SSSR count). The van der Waals surface area contributed by atoms with E-state index in [1.54, 1.807) is 6.07 Å². The number of hydrogen-bond donors (Lipinski definition) is 1. The molecule has 0 atom stereocenters. The number of nitrogens with one attached hydrogen (secondary N) is 1. The van der Waals surface area contributed by atoms with Gasteiger partial charge in [-0.3, -0.25) is 0 Å². The van der Waals surface area contributed by atoms with Crippen LogP contribution in [0.4, 0.5) is 5.82 Å². The maximum absolute atomic E-state index is 8.79. The van der Waals surface area contributed by atoms with Crippen molar-refractivity contribution in [1.82, 2.24) is 4.98 Å². The van der Waals surface area contributed by atoms with E-state index < -0.39 is 0 Å². The van der Waals surface area contributed by atoms with Crippen molar-refractivity contribution in [3.8, 4) is 6.07 Å². The molecule has 1 aromatic heterocycles. The van der Waals surface area contributed by atoms with Crippen molar-refractivity contribution < 1.29 is 0 Å². The maximum Gasteiger partial charge on any atom is 0.142 e. The van der Waals surface area contributed by atoms with E-state index in [0.717, 1.165) is 24.2 Å². The Labute approximate surface area is 109 Å². The van der Waals surface area contributed by atoms with E-state index in [0.29, 0.717) is 5.69 Å². The molecule has 0 unspecified atom stereocenters. The summed E-state index contributed by atoms with van der Waals surface area (Å²) >= 11 is 0. The molecule has 1 aromatic rings. The summed E-state index contributed by atoms with van der Waals surface area (Å²) in [6, 6.07) is 7.61. The Bertz CT molecular complexity index is 414. The molecular formula is C15H21N3. The highest BCUT2D eigenvalue weighted by atomic mass is 15.0. The molecule has 1 heterocycles. The second-order valence-corrected chi connectivity index (χ2v) is 5.20. The van der Waals surface area contributed by atoms with E-state index in [2.05, 4.69) is 23.3 Å². The predicted molar refractivity (Wildman–Crippen MR) is 73.2 cm³/mol. The zero-order valence-corrected chi connectivity index (χ0v) is 11.0. The normalized spacial score (nSPS) is 23.3. The smallest absolute Gasteiger partial charge is 0.142 e. The Balaban J connectivity index is 1.80. The van der Waals surface area contributed by atoms with Crippen molar-refractivity contribution in [3.63, 3.8) is 0 Å². The topological polar surface area (TPSA) is 48.7 Å². The van der Waals surface area contributed by atoms with Crippen molar-refractivity contribution in [2.75, 3.05) is 11.9 Å². The van der Waals surface area contributed by atoms with Crippen LogP contribution in [-0.4, -0.2) is 11.5 Å². The summed E-state index contributed by atoms with van der Waals surface area (Å²) in [4.78, 5) is 4.23. The number of nitrogens with zero attached hydrogens (tertiary/aromatic N) is 2. The van der Waals surface area contributed by atoms with Gasteiger partial charge in [0.05, 0.1) is 0 Å². The predicted octanol–water partition coefficient (Wildman–Crippen LogP) is 3.58. The molecule has 1 saturated carbocycles. The van der Waals surface area contributed by atoms with E-state index in [9.17, 15) is 0 Å². The number of nitriles is 1. The fourth-order valence-corrected chi connectivity index (χ4v) is 2.69. The molecule has 1 aliphatic rings. The molecular weight excluding hydrogens is 222 g/mol. The number of hydrogen-bond acceptors (Lipinski definition) is 3. The summed E-state index contributed by atoms with van der Waals surface area (Å²) in [5.41, 5.74) is 0.481. The number of pyridine rings is 1. The van der Waals surface area contributed by atoms with Gasteiger partial charge >= 0.3 is 0 Å². The zero-order valence-electron chi connectivity index (χ0n) is 11.0. The largest absolute Gasteiger partial charge is 0.370 e. The van der Waals surface area contributed by atoms with Crippen LogP contribution in [0.1, 0.15) is 44.7 Å². The summed E-state index contributed by atoms with van der Waals surface area (Å²) in [6.45, 7) is 3.28. The van der Waals surface area contributed by atoms with Gasteiger partial charge in [-0.15, -0.1) is 0 Å². The van der Waals surface area contributed by atoms with E-state index in [4.69, 9.17) is 5.26 Å². The van der Waals surface area contributed by atoms with Gasteiger partial charge in [0, 0.05) is 6.54 Å². The van der Waals surface area contributed by atoms with Crippen LogP contribution in [0.25, 0.3) is 0 Å². The average molecular weight is 243 g/mol. The molecule has 0 radical (unpaired) electrons. The lowest BCUT2D eigenvalue weighted by Crippen LogP contribution is -2.21. The highest BCUT2D eigenvalue weighted by molar-refractivity contribution is 5.38. The van der Waals surface area contributed by atoms with Crippen molar-refractivity contribution >= 4 is 5.82 Å². The molecule has 0 aliphatic heterocycles. The van der Waals surface area contributed by atoms with Crippen LogP contribution in [0.3, 0.4) is 0 Å². The molecule has 0 aromatic carbocycles. The Kier molecular flexibility index (Phi) is 4.58. The number of aromatic nitrogens is 1. The molecule has 18 heavy (non-hydrogen) atoms. The van der Waals surface area contributed by atoms with Crippen LogP contribution in [0, 0.1) is 23.2 Å². The van der Waals surface area contributed by atoms with Gasteiger partial charge in [-0.05, 0) is 36.8 Å². The minimum atomic E-state index is 0.481. The first-order valence-corrected chi connectivity index (χ1v) is 6.92. The Morgan fingerprint density at radius 3 is 2.67 bits per heavy atom. The summed E-state index contributed by atoms with van der Waals surface area (Å²) in [7, 11) is 0. The average Bonchev–Trinajstić information content (AvgIpc) is 2.46. The second kappa shape index (κ2) is 6.39. The third-order valence-electron chi connectivity index (χ3n) is 3.98. The lowest BCUT2D eigenvalue weighted by molar-refractivity contribution is 0.278. The Morgan fingerprint density at radius 2 is 2.00 bits per heavy atom. The van der Waals surface area contributed by atoms with Crippen molar-refractivity contribution in [3.05, 3.63) is 23.9 Å². The van der Waals surface area contributed by atoms with Crippen molar-refractivity contribution in [1.29, 1.82) is 5.26 Å². The minimum Gasteiger partial charge on any atom is -0.370 e. The van der Waals surface area contributed by atoms with Gasteiger partial charge in [0.25, 0.3) is 0 Å². The van der Waals surface area contributed by atoms with Crippen LogP contribution < -0.4 is 5.32 Å². The van der Waals surface area contributed by atoms with Crippen molar-refractivity contribution in [2.24, 2.45) is 11.8 Å². The summed E-state index contributed by atoms with van der Waals surface area (Å²) in [5.74, 6) is 2.54. The molecule has 96 valence electrons. The Hall–Kier alpha value is -1.56. The van der Waals surface area contributed by atoms with Gasteiger partial charge in [0.15, 0.2) is 0 Å². The third kappa shape index (κ3) is 3.46. The fourth-order valence-electron chi connectivity index (χ4n) is 2.69. The molecule has 0 spiro atoms. The maximum atomic E-state index is 8.79. The molecule has 0 bridgehead atoms. The van der Waals surface area contributed by atoms with E-state index in [1.807, 2.05) is 12.1 Å². The molecule has 1 fully saturated rings. The SMILES string of the molecule is CCC1CCC(CNc2cccc(C#N)n2)CC1. The van der Waals surface area contributed by atoms with Gasteiger partial charge in [-0.2, -0.15) is 5.26 Å². The van der Waals surface area contributed by atoms with Gasteiger partial charge in [0.1, 0.15) is 17.6 Å². The fraction of sp³-hybridized carbons (Fsp3) is 0.600. The number of anilines is 1. The monoisotopic (exact) mass is 243 g/mol. The van der Waals surface area contributed by atoms with Crippen LogP contribution in [0.5, 0.6) is 0 Å². The van der Waals surface area contributed by atoms with E-state index in [-0.39, 0.29) is 0 Å². The van der Waals surface area contributed by atoms with E-state index in [1.165, 1.54) is 32.1 Å². The van der Waals surface area contributed by atoms with E-state index >= 15 is 0 Å². The molecule has 0 saturated heterocycles. The first-order valence-electron chi connectivity index (χ1n) is 6.92. The van der Waals surface area contributed by atoms with Crippen LogP contribution in [0.15, 0.2) is 18.2 Å². The van der Waals surface area contributed by atoms with Crippen LogP contribution in [-0.2, 0) is 0 Å². The lowest BCUT2D eigenvalue weighted by atomic mass is 9.81. The zero-order chi connectivity index (χ0) is 12.8. The standard InChI is InChI=1S/C15H21N3/c1-2-12-6-8-13(9-7-12)11-17-15-5-3-4-14(10-16)18-15/h3-5,12-13H,2,6-9,11H2,1H3,(H,17,18). The first-order chi connectivity index (χ1) is 8.81. The third-order valence-corrected chi connectivity index (χ3v) is 3.98. The summed E-state index contributed by atoms with van der Waals surface area (Å²) in [6.07, 6.45) is 6.71. The molecule has 3 nitrogen and oxygen atoms in total. The molecule has 1 aliphatic carbocycles. The quantitative estimate of drug-likeness (QED) is 0.879. The summed E-state index contributed by atoms with van der Waals surface area (Å²) in [5, 5.41) is 12.2. The summed E-state index contributed by atoms with van der Waals surface area (Å²) < 4.78 is 0.